The number of hydrogen-bond acceptors (Lipinski definition) is 3. The lowest BCUT2D eigenvalue weighted by atomic mass is 9.87. The Morgan fingerprint density at radius 3 is 2.69 bits per heavy atom. The second-order valence-electron chi connectivity index (χ2n) is 7.70. The number of amides is 2. The third kappa shape index (κ3) is 5.17. The molecule has 1 unspecified atom stereocenters. The molecule has 0 fully saturated rings. The molecule has 0 saturated carbocycles. The standard InChI is InChI=1S/C24H31N3O2/c1-4-27(18(2)28)17-19-9-7-12-21(15-19)25-16-24(29)26(3)23-14-8-11-20-10-5-6-13-22(20)23/h5-7,9-10,12-13,15,23,25H,4,8,11,14,16-17H2,1-3H3. The minimum atomic E-state index is 0.0652. The van der Waals surface area contributed by atoms with Crippen LogP contribution in [0.2, 0.25) is 0 Å². The van der Waals surface area contributed by atoms with Crippen molar-refractivity contribution >= 4 is 17.5 Å². The van der Waals surface area contributed by atoms with Gasteiger partial charge in [-0.1, -0.05) is 36.4 Å². The molecule has 0 radical (unpaired) electrons. The molecule has 2 aromatic rings. The van der Waals surface area contributed by atoms with Crippen LogP contribution in [-0.2, 0) is 22.6 Å². The number of nitrogens with zero attached hydrogens (tertiary/aromatic N) is 2. The maximum Gasteiger partial charge on any atom is 0.242 e. The van der Waals surface area contributed by atoms with Gasteiger partial charge in [-0.05, 0) is 55.0 Å². The van der Waals surface area contributed by atoms with Crippen LogP contribution in [0.25, 0.3) is 0 Å². The van der Waals surface area contributed by atoms with Gasteiger partial charge in [0.2, 0.25) is 11.8 Å². The zero-order valence-corrected chi connectivity index (χ0v) is 17.6. The molecule has 154 valence electrons. The highest BCUT2D eigenvalue weighted by Gasteiger charge is 2.26. The van der Waals surface area contributed by atoms with Crippen molar-refractivity contribution in [2.75, 3.05) is 25.5 Å². The number of likely N-dealkylation sites (N-methyl/N-ethyl adjacent to an activating group) is 1. The van der Waals surface area contributed by atoms with E-state index in [1.807, 2.05) is 43.1 Å². The van der Waals surface area contributed by atoms with Gasteiger partial charge in [0, 0.05) is 32.7 Å². The molecule has 0 saturated heterocycles. The molecule has 1 atom stereocenters. The monoisotopic (exact) mass is 393 g/mol. The van der Waals surface area contributed by atoms with E-state index in [9.17, 15) is 9.59 Å². The van der Waals surface area contributed by atoms with Gasteiger partial charge in [0.05, 0.1) is 12.6 Å². The lowest BCUT2D eigenvalue weighted by Crippen LogP contribution is -2.37. The summed E-state index contributed by atoms with van der Waals surface area (Å²) in [5, 5.41) is 3.25. The van der Waals surface area contributed by atoms with E-state index in [2.05, 4.69) is 29.6 Å². The first kappa shape index (κ1) is 20.9. The highest BCUT2D eigenvalue weighted by Crippen LogP contribution is 2.33. The number of carbonyl (C=O) groups excluding carboxylic acids is 2. The molecule has 2 amide bonds. The van der Waals surface area contributed by atoms with E-state index in [1.54, 1.807) is 11.8 Å². The van der Waals surface area contributed by atoms with Crippen LogP contribution >= 0.6 is 0 Å². The Hall–Kier alpha value is -2.82. The van der Waals surface area contributed by atoms with Crippen molar-refractivity contribution < 1.29 is 9.59 Å². The minimum Gasteiger partial charge on any atom is -0.376 e. The van der Waals surface area contributed by atoms with Gasteiger partial charge in [0.25, 0.3) is 0 Å². The highest BCUT2D eigenvalue weighted by atomic mass is 16.2. The van der Waals surface area contributed by atoms with E-state index in [1.165, 1.54) is 11.1 Å². The average Bonchev–Trinajstić information content (AvgIpc) is 2.75. The number of fused-ring (bicyclic) bond motifs is 1. The quantitative estimate of drug-likeness (QED) is 0.773. The van der Waals surface area contributed by atoms with Crippen LogP contribution < -0.4 is 5.32 Å². The van der Waals surface area contributed by atoms with E-state index in [-0.39, 0.29) is 24.4 Å². The Morgan fingerprint density at radius 1 is 1.14 bits per heavy atom. The average molecular weight is 394 g/mol. The van der Waals surface area contributed by atoms with Gasteiger partial charge < -0.3 is 15.1 Å². The third-order valence-corrected chi connectivity index (χ3v) is 5.77. The molecule has 0 heterocycles. The van der Waals surface area contributed by atoms with Crippen molar-refractivity contribution in [2.24, 2.45) is 0 Å². The second kappa shape index (κ2) is 9.59. The van der Waals surface area contributed by atoms with Gasteiger partial charge >= 0.3 is 0 Å². The van der Waals surface area contributed by atoms with Crippen molar-refractivity contribution in [3.8, 4) is 0 Å². The van der Waals surface area contributed by atoms with Crippen LogP contribution in [0.1, 0.15) is 49.4 Å². The molecule has 1 aliphatic carbocycles. The topological polar surface area (TPSA) is 52.7 Å². The zero-order chi connectivity index (χ0) is 20.8. The highest BCUT2D eigenvalue weighted by molar-refractivity contribution is 5.81. The molecular formula is C24H31N3O2. The van der Waals surface area contributed by atoms with Crippen molar-refractivity contribution in [3.63, 3.8) is 0 Å². The van der Waals surface area contributed by atoms with Crippen molar-refractivity contribution in [1.82, 2.24) is 9.80 Å². The number of hydrogen-bond donors (Lipinski definition) is 1. The fraction of sp³-hybridized carbons (Fsp3) is 0.417. The van der Waals surface area contributed by atoms with Crippen LogP contribution in [0.4, 0.5) is 5.69 Å². The molecule has 0 aromatic heterocycles. The maximum absolute atomic E-state index is 12.8. The zero-order valence-electron chi connectivity index (χ0n) is 17.6. The van der Waals surface area contributed by atoms with Crippen LogP contribution in [0.15, 0.2) is 48.5 Å². The Labute approximate surface area is 173 Å². The lowest BCUT2D eigenvalue weighted by molar-refractivity contribution is -0.130. The largest absolute Gasteiger partial charge is 0.376 e. The summed E-state index contributed by atoms with van der Waals surface area (Å²) >= 11 is 0. The van der Waals surface area contributed by atoms with E-state index < -0.39 is 0 Å². The number of rotatable bonds is 7. The SMILES string of the molecule is CCN(Cc1cccc(NCC(=O)N(C)C2CCCc3ccccc32)c1)C(C)=O. The molecule has 1 N–H and O–H groups in total. The molecule has 0 bridgehead atoms. The predicted molar refractivity (Wildman–Crippen MR) is 117 cm³/mol. The first-order chi connectivity index (χ1) is 14.0. The molecule has 0 aliphatic heterocycles. The number of anilines is 1. The Morgan fingerprint density at radius 2 is 1.93 bits per heavy atom. The Bertz CT molecular complexity index is 865. The van der Waals surface area contributed by atoms with E-state index in [0.29, 0.717) is 13.1 Å². The third-order valence-electron chi connectivity index (χ3n) is 5.77. The van der Waals surface area contributed by atoms with Gasteiger partial charge in [0.15, 0.2) is 0 Å². The summed E-state index contributed by atoms with van der Waals surface area (Å²) in [6.45, 7) is 5.07. The summed E-state index contributed by atoms with van der Waals surface area (Å²) in [6, 6.07) is 16.5. The number of benzene rings is 2. The second-order valence-corrected chi connectivity index (χ2v) is 7.70. The van der Waals surface area contributed by atoms with Crippen LogP contribution in [0, 0.1) is 0 Å². The summed E-state index contributed by atoms with van der Waals surface area (Å²) in [6.07, 6.45) is 3.21. The van der Waals surface area contributed by atoms with Crippen LogP contribution in [0.3, 0.4) is 0 Å². The minimum absolute atomic E-state index is 0.0652. The molecule has 3 rings (SSSR count). The smallest absolute Gasteiger partial charge is 0.242 e. The summed E-state index contributed by atoms with van der Waals surface area (Å²) in [7, 11) is 1.90. The molecule has 0 spiro atoms. The first-order valence-electron chi connectivity index (χ1n) is 10.4. The number of carbonyl (C=O) groups is 2. The molecule has 29 heavy (non-hydrogen) atoms. The van der Waals surface area contributed by atoms with Crippen molar-refractivity contribution in [2.45, 2.75) is 45.7 Å². The molecule has 1 aliphatic rings. The maximum atomic E-state index is 12.8. The number of nitrogens with one attached hydrogen (secondary N) is 1. The molecule has 5 nitrogen and oxygen atoms in total. The molecule has 5 heteroatoms. The van der Waals surface area contributed by atoms with Crippen molar-refractivity contribution in [3.05, 3.63) is 65.2 Å². The first-order valence-corrected chi connectivity index (χ1v) is 10.4. The molecular weight excluding hydrogens is 362 g/mol. The predicted octanol–water partition coefficient (Wildman–Crippen LogP) is 4.00. The van der Waals surface area contributed by atoms with Crippen LogP contribution in [0.5, 0.6) is 0 Å². The van der Waals surface area contributed by atoms with E-state index in [0.717, 1.165) is 30.5 Å². The Kier molecular flexibility index (Phi) is 6.91. The normalized spacial score (nSPS) is 15.3. The summed E-state index contributed by atoms with van der Waals surface area (Å²) < 4.78 is 0. The van der Waals surface area contributed by atoms with Gasteiger partial charge in [0.1, 0.15) is 0 Å². The van der Waals surface area contributed by atoms with Gasteiger partial charge in [-0.25, -0.2) is 0 Å². The Balaban J connectivity index is 1.61. The summed E-state index contributed by atoms with van der Waals surface area (Å²) in [5.74, 6) is 0.145. The fourth-order valence-corrected chi connectivity index (χ4v) is 4.05. The van der Waals surface area contributed by atoms with Gasteiger partial charge in [-0.2, -0.15) is 0 Å². The van der Waals surface area contributed by atoms with Crippen LogP contribution in [-0.4, -0.2) is 41.8 Å². The summed E-state index contributed by atoms with van der Waals surface area (Å²) in [4.78, 5) is 28.2. The van der Waals surface area contributed by atoms with E-state index >= 15 is 0 Å². The molecule has 2 aromatic carbocycles. The summed E-state index contributed by atoms with van der Waals surface area (Å²) in [5.41, 5.74) is 4.58. The van der Waals surface area contributed by atoms with Crippen molar-refractivity contribution in [1.29, 1.82) is 0 Å². The lowest BCUT2D eigenvalue weighted by Gasteiger charge is -2.33. The fourth-order valence-electron chi connectivity index (χ4n) is 4.05. The van der Waals surface area contributed by atoms with Gasteiger partial charge in [-0.15, -0.1) is 0 Å². The van der Waals surface area contributed by atoms with E-state index in [4.69, 9.17) is 0 Å². The van der Waals surface area contributed by atoms with Gasteiger partial charge in [-0.3, -0.25) is 9.59 Å². The number of aryl methyl sites for hydroxylation is 1.